The highest BCUT2D eigenvalue weighted by atomic mass is 19.4. The summed E-state index contributed by atoms with van der Waals surface area (Å²) in [5.41, 5.74) is -0.188. The zero-order chi connectivity index (χ0) is 19.0. The average Bonchev–Trinajstić information content (AvgIpc) is 2.67. The van der Waals surface area contributed by atoms with Crippen molar-refractivity contribution >= 4 is 16.6 Å². The van der Waals surface area contributed by atoms with Gasteiger partial charge >= 0.3 is 6.18 Å². The summed E-state index contributed by atoms with van der Waals surface area (Å²) in [7, 11) is 0. The van der Waals surface area contributed by atoms with E-state index in [0.29, 0.717) is 24.0 Å². The monoisotopic (exact) mass is 373 g/mol. The van der Waals surface area contributed by atoms with E-state index >= 15 is 0 Å². The van der Waals surface area contributed by atoms with Crippen LogP contribution in [0.25, 0.3) is 22.3 Å². The summed E-state index contributed by atoms with van der Waals surface area (Å²) in [4.78, 5) is 21.0. The number of nitrogens with one attached hydrogen (secondary N) is 1. The number of benzene rings is 2. The van der Waals surface area contributed by atoms with Crippen molar-refractivity contribution in [2.24, 2.45) is 0 Å². The highest BCUT2D eigenvalue weighted by Crippen LogP contribution is 2.39. The Balaban J connectivity index is 1.83. The number of hydrogen-bond acceptors (Lipinski definition) is 3. The minimum Gasteiger partial charge on any atom is -0.371 e. The Labute approximate surface area is 153 Å². The van der Waals surface area contributed by atoms with Gasteiger partial charge in [0.1, 0.15) is 5.82 Å². The molecule has 4 nitrogen and oxygen atoms in total. The molecule has 0 amide bonds. The molecule has 0 aliphatic carbocycles. The van der Waals surface area contributed by atoms with Crippen LogP contribution < -0.4 is 10.5 Å². The number of fused-ring (bicyclic) bond motifs is 1. The molecule has 1 aromatic heterocycles. The van der Waals surface area contributed by atoms with Crippen molar-refractivity contribution in [2.75, 3.05) is 18.0 Å². The quantitative estimate of drug-likeness (QED) is 0.714. The van der Waals surface area contributed by atoms with Crippen molar-refractivity contribution in [3.8, 4) is 11.4 Å². The number of nitrogens with zero attached hydrogens (tertiary/aromatic N) is 2. The van der Waals surface area contributed by atoms with Crippen molar-refractivity contribution in [3.63, 3.8) is 0 Å². The van der Waals surface area contributed by atoms with Crippen LogP contribution in [0.3, 0.4) is 0 Å². The van der Waals surface area contributed by atoms with Gasteiger partial charge in [0.05, 0.1) is 16.5 Å². The Morgan fingerprint density at radius 2 is 1.74 bits per heavy atom. The topological polar surface area (TPSA) is 49.0 Å². The van der Waals surface area contributed by atoms with Crippen molar-refractivity contribution in [1.82, 2.24) is 9.97 Å². The minimum absolute atomic E-state index is 0.134. The second-order valence-corrected chi connectivity index (χ2v) is 6.71. The van der Waals surface area contributed by atoms with Gasteiger partial charge < -0.3 is 9.88 Å². The molecule has 1 aliphatic heterocycles. The van der Waals surface area contributed by atoms with Crippen LogP contribution in [0.15, 0.2) is 47.3 Å². The van der Waals surface area contributed by atoms with Crippen LogP contribution in [0, 0.1) is 0 Å². The van der Waals surface area contributed by atoms with Gasteiger partial charge in [0, 0.05) is 24.3 Å². The van der Waals surface area contributed by atoms with E-state index in [1.807, 2.05) is 0 Å². The van der Waals surface area contributed by atoms with Crippen LogP contribution >= 0.6 is 0 Å². The lowest BCUT2D eigenvalue weighted by Crippen LogP contribution is -2.31. The molecule has 7 heteroatoms. The lowest BCUT2D eigenvalue weighted by Gasteiger charge is -2.31. The maximum atomic E-state index is 13.7. The lowest BCUT2D eigenvalue weighted by molar-refractivity contribution is -0.137. The minimum atomic E-state index is -4.49. The number of anilines is 1. The molecule has 4 rings (SSSR count). The van der Waals surface area contributed by atoms with Crippen LogP contribution in [0.1, 0.15) is 24.8 Å². The fourth-order valence-electron chi connectivity index (χ4n) is 3.54. The van der Waals surface area contributed by atoms with E-state index in [-0.39, 0.29) is 22.6 Å². The molecule has 0 radical (unpaired) electrons. The maximum Gasteiger partial charge on any atom is 0.418 e. The van der Waals surface area contributed by atoms with Crippen molar-refractivity contribution in [2.45, 2.75) is 25.4 Å². The number of aromatic nitrogens is 2. The molecule has 2 aromatic carbocycles. The first-order valence-electron chi connectivity index (χ1n) is 8.89. The molecule has 0 atom stereocenters. The van der Waals surface area contributed by atoms with E-state index in [9.17, 15) is 18.0 Å². The molecule has 140 valence electrons. The predicted molar refractivity (Wildman–Crippen MR) is 98.9 cm³/mol. The van der Waals surface area contributed by atoms with Gasteiger partial charge in [-0.25, -0.2) is 4.98 Å². The Morgan fingerprint density at radius 1 is 1.00 bits per heavy atom. The summed E-state index contributed by atoms with van der Waals surface area (Å²) in [6.45, 7) is 1.24. The van der Waals surface area contributed by atoms with Crippen molar-refractivity contribution in [3.05, 3.63) is 58.4 Å². The molecule has 1 fully saturated rings. The summed E-state index contributed by atoms with van der Waals surface area (Å²) in [6.07, 6.45) is -1.67. The fourth-order valence-corrected chi connectivity index (χ4v) is 3.54. The Kier molecular flexibility index (Phi) is 4.37. The van der Waals surface area contributed by atoms with Crippen LogP contribution in [0.4, 0.5) is 18.9 Å². The second-order valence-electron chi connectivity index (χ2n) is 6.71. The zero-order valence-corrected chi connectivity index (χ0v) is 14.5. The SMILES string of the molecule is O=c1[nH]c(-c2ccc(N3CCCCC3)c(C(F)(F)F)c2)nc2ccccc12. The van der Waals surface area contributed by atoms with E-state index < -0.39 is 11.7 Å². The number of hydrogen-bond donors (Lipinski definition) is 1. The van der Waals surface area contributed by atoms with Crippen LogP contribution in [0.5, 0.6) is 0 Å². The van der Waals surface area contributed by atoms with Crippen molar-refractivity contribution < 1.29 is 13.2 Å². The normalized spacial score (nSPS) is 15.3. The molecular formula is C20H18F3N3O. The third-order valence-corrected chi connectivity index (χ3v) is 4.89. The Bertz CT molecular complexity index is 1040. The second kappa shape index (κ2) is 6.72. The van der Waals surface area contributed by atoms with Gasteiger partial charge in [-0.3, -0.25) is 4.79 Å². The van der Waals surface area contributed by atoms with Gasteiger partial charge in [0.15, 0.2) is 0 Å². The lowest BCUT2D eigenvalue weighted by atomic mass is 10.0. The third kappa shape index (κ3) is 3.41. The number of halogens is 3. The maximum absolute atomic E-state index is 13.7. The predicted octanol–water partition coefficient (Wildman–Crippen LogP) is 4.60. The molecular weight excluding hydrogens is 355 g/mol. The largest absolute Gasteiger partial charge is 0.418 e. The molecule has 0 unspecified atom stereocenters. The first-order valence-corrected chi connectivity index (χ1v) is 8.89. The number of rotatable bonds is 2. The third-order valence-electron chi connectivity index (χ3n) is 4.89. The van der Waals surface area contributed by atoms with E-state index in [1.54, 1.807) is 35.2 Å². The van der Waals surface area contributed by atoms with Crippen LogP contribution in [-0.4, -0.2) is 23.1 Å². The molecule has 0 spiro atoms. The molecule has 1 aliphatic rings. The molecule has 2 heterocycles. The zero-order valence-electron chi connectivity index (χ0n) is 14.5. The highest BCUT2D eigenvalue weighted by Gasteiger charge is 2.35. The average molecular weight is 373 g/mol. The van der Waals surface area contributed by atoms with Gasteiger partial charge in [-0.1, -0.05) is 12.1 Å². The molecule has 0 bridgehead atoms. The van der Waals surface area contributed by atoms with Gasteiger partial charge in [-0.05, 0) is 49.6 Å². The van der Waals surface area contributed by atoms with Gasteiger partial charge in [-0.15, -0.1) is 0 Å². The van der Waals surface area contributed by atoms with Crippen molar-refractivity contribution in [1.29, 1.82) is 0 Å². The molecule has 1 saturated heterocycles. The van der Waals surface area contributed by atoms with Crippen LogP contribution in [0.2, 0.25) is 0 Å². The smallest absolute Gasteiger partial charge is 0.371 e. The summed E-state index contributed by atoms with van der Waals surface area (Å²) in [6, 6.07) is 10.9. The number of aromatic amines is 1. The fraction of sp³-hybridized carbons (Fsp3) is 0.300. The number of para-hydroxylation sites is 1. The van der Waals surface area contributed by atoms with Gasteiger partial charge in [0.25, 0.3) is 5.56 Å². The van der Waals surface area contributed by atoms with E-state index in [2.05, 4.69) is 9.97 Å². The van der Waals surface area contributed by atoms with E-state index in [0.717, 1.165) is 25.3 Å². The summed E-state index contributed by atoms with van der Waals surface area (Å²) >= 11 is 0. The molecule has 3 aromatic rings. The van der Waals surface area contributed by atoms with Gasteiger partial charge in [-0.2, -0.15) is 13.2 Å². The Hall–Kier alpha value is -2.83. The first kappa shape index (κ1) is 17.6. The van der Waals surface area contributed by atoms with Crippen LogP contribution in [-0.2, 0) is 6.18 Å². The molecule has 27 heavy (non-hydrogen) atoms. The molecule has 1 N–H and O–H groups in total. The highest BCUT2D eigenvalue weighted by molar-refractivity contribution is 5.79. The number of piperidine rings is 1. The molecule has 0 saturated carbocycles. The summed E-state index contributed by atoms with van der Waals surface area (Å²) in [5.74, 6) is 0.134. The first-order chi connectivity index (χ1) is 12.9. The summed E-state index contributed by atoms with van der Waals surface area (Å²) < 4.78 is 41.1. The Morgan fingerprint density at radius 3 is 2.48 bits per heavy atom. The summed E-state index contributed by atoms with van der Waals surface area (Å²) in [5, 5.41) is 0.405. The van der Waals surface area contributed by atoms with E-state index in [1.165, 1.54) is 6.07 Å². The standard InChI is InChI=1S/C20H18F3N3O/c21-20(22,23)15-12-13(8-9-17(15)26-10-4-1-5-11-26)18-24-16-7-3-2-6-14(16)19(27)25-18/h2-3,6-9,12H,1,4-5,10-11H2,(H,24,25,27). The number of H-pyrrole nitrogens is 1. The number of alkyl halides is 3. The van der Waals surface area contributed by atoms with E-state index in [4.69, 9.17) is 0 Å². The van der Waals surface area contributed by atoms with Gasteiger partial charge in [0.2, 0.25) is 0 Å².